The van der Waals surface area contributed by atoms with Gasteiger partial charge in [-0.15, -0.1) is 10.2 Å². The molecular weight excluding hydrogens is 449 g/mol. The molecule has 0 N–H and O–H groups in total. The van der Waals surface area contributed by atoms with Crippen molar-refractivity contribution in [3.63, 3.8) is 0 Å². The zero-order chi connectivity index (χ0) is 23.5. The molecule has 3 heterocycles. The molecule has 8 heteroatoms. The third-order valence-corrected chi connectivity index (χ3v) is 7.70. The van der Waals surface area contributed by atoms with Gasteiger partial charge in [0.1, 0.15) is 18.5 Å². The smallest absolute Gasteiger partial charge is 0.130 e. The van der Waals surface area contributed by atoms with Gasteiger partial charge in [0.15, 0.2) is 0 Å². The molecule has 34 heavy (non-hydrogen) atoms. The fourth-order valence-corrected chi connectivity index (χ4v) is 5.53. The summed E-state index contributed by atoms with van der Waals surface area (Å²) in [4.78, 5) is 3.35. The second-order valence-electron chi connectivity index (χ2n) is 8.59. The summed E-state index contributed by atoms with van der Waals surface area (Å²) in [6, 6.07) is 16.0. The van der Waals surface area contributed by atoms with Gasteiger partial charge in [-0.1, -0.05) is 36.4 Å². The van der Waals surface area contributed by atoms with Gasteiger partial charge in [-0.25, -0.2) is 4.39 Å². The number of nitrogens with zero attached hydrogens (tertiary/aromatic N) is 5. The van der Waals surface area contributed by atoms with Crippen LogP contribution in [0.2, 0.25) is 0 Å². The van der Waals surface area contributed by atoms with Crippen LogP contribution < -0.4 is 4.90 Å². The molecule has 0 aliphatic carbocycles. The van der Waals surface area contributed by atoms with E-state index in [1.165, 1.54) is 5.56 Å². The number of piperidine rings is 1. The van der Waals surface area contributed by atoms with Crippen molar-refractivity contribution in [2.75, 3.05) is 25.1 Å². The number of hydrogen-bond acceptors (Lipinski definition) is 6. The topological polar surface area (TPSA) is 46.4 Å². The highest BCUT2D eigenvalue weighted by Gasteiger charge is 2.31. The van der Waals surface area contributed by atoms with E-state index in [2.05, 4.69) is 50.6 Å². The van der Waals surface area contributed by atoms with E-state index in [1.54, 1.807) is 37.8 Å². The van der Waals surface area contributed by atoms with E-state index in [1.807, 2.05) is 34.9 Å². The van der Waals surface area contributed by atoms with Crippen LogP contribution in [0.1, 0.15) is 30.5 Å². The van der Waals surface area contributed by atoms with Crippen molar-refractivity contribution in [2.24, 2.45) is 0 Å². The fraction of sp³-hybridized carbons (Fsp3) is 0.308. The van der Waals surface area contributed by atoms with Crippen molar-refractivity contribution in [3.8, 4) is 0 Å². The fourth-order valence-electron chi connectivity index (χ4n) is 4.52. The SMILES string of the molecule is COC1CN(c2ccc(CN3SC(c4ccccc4)=CC=C3C)c(F)c2)CC[C@H]1n1cnnc1. The van der Waals surface area contributed by atoms with Gasteiger partial charge in [-0.3, -0.25) is 0 Å². The highest BCUT2D eigenvalue weighted by atomic mass is 32.2. The van der Waals surface area contributed by atoms with Crippen molar-refractivity contribution in [3.05, 3.63) is 96.0 Å². The molecule has 0 bridgehead atoms. The van der Waals surface area contributed by atoms with Crippen LogP contribution in [0.15, 0.2) is 79.0 Å². The summed E-state index contributed by atoms with van der Waals surface area (Å²) < 4.78 is 25.1. The van der Waals surface area contributed by atoms with Crippen molar-refractivity contribution in [1.82, 2.24) is 19.1 Å². The van der Waals surface area contributed by atoms with Crippen LogP contribution in [0, 0.1) is 5.82 Å². The van der Waals surface area contributed by atoms with Gasteiger partial charge in [0, 0.05) is 42.1 Å². The Kier molecular flexibility index (Phi) is 6.69. The monoisotopic (exact) mass is 477 g/mol. The predicted molar refractivity (Wildman–Crippen MR) is 134 cm³/mol. The molecule has 5 rings (SSSR count). The first-order valence-electron chi connectivity index (χ1n) is 11.4. The molecule has 0 radical (unpaired) electrons. The van der Waals surface area contributed by atoms with Crippen LogP contribution in [0.5, 0.6) is 0 Å². The number of halogens is 1. The number of hydrogen-bond donors (Lipinski definition) is 0. The van der Waals surface area contributed by atoms with Crippen LogP contribution in [-0.4, -0.2) is 45.4 Å². The maximum absolute atomic E-state index is 15.2. The van der Waals surface area contributed by atoms with E-state index in [4.69, 9.17) is 4.74 Å². The van der Waals surface area contributed by atoms with Gasteiger partial charge >= 0.3 is 0 Å². The second-order valence-corrected chi connectivity index (χ2v) is 9.66. The standard InChI is InChI=1S/C26H28FN5OS/c1-19-8-11-26(20-6-4-3-5-7-20)34-32(19)15-21-9-10-22(14-23(21)27)30-13-12-24(25(16-30)33-2)31-17-28-29-18-31/h3-11,14,17-18,24-25H,12-13,15-16H2,1-2H3/t24-,25?/m1/s1. The summed E-state index contributed by atoms with van der Waals surface area (Å²) in [7, 11) is 1.72. The van der Waals surface area contributed by atoms with Crippen LogP contribution in [0.25, 0.3) is 4.91 Å². The minimum absolute atomic E-state index is 0.0202. The third kappa shape index (κ3) is 4.74. The van der Waals surface area contributed by atoms with E-state index in [0.717, 1.165) is 29.3 Å². The van der Waals surface area contributed by atoms with Crippen LogP contribution in [0.4, 0.5) is 10.1 Å². The molecule has 1 aromatic heterocycles. The average Bonchev–Trinajstić information content (AvgIpc) is 3.41. The summed E-state index contributed by atoms with van der Waals surface area (Å²) >= 11 is 1.65. The van der Waals surface area contributed by atoms with Crippen LogP contribution in [0.3, 0.4) is 0 Å². The molecule has 0 spiro atoms. The van der Waals surface area contributed by atoms with Crippen LogP contribution in [-0.2, 0) is 11.3 Å². The largest absolute Gasteiger partial charge is 0.377 e. The molecular formula is C26H28FN5OS. The lowest BCUT2D eigenvalue weighted by Crippen LogP contribution is -2.45. The van der Waals surface area contributed by atoms with Crippen molar-refractivity contribution < 1.29 is 9.13 Å². The summed E-state index contributed by atoms with van der Waals surface area (Å²) in [5.41, 5.74) is 3.83. The average molecular weight is 478 g/mol. The van der Waals surface area contributed by atoms with Crippen molar-refractivity contribution >= 4 is 22.5 Å². The molecule has 0 saturated carbocycles. The molecule has 2 atom stereocenters. The first-order valence-corrected chi connectivity index (χ1v) is 12.2. The van der Waals surface area contributed by atoms with E-state index >= 15 is 4.39 Å². The van der Waals surface area contributed by atoms with E-state index in [0.29, 0.717) is 18.7 Å². The number of methoxy groups -OCH3 is 1. The predicted octanol–water partition coefficient (Wildman–Crippen LogP) is 5.29. The Hall–Kier alpha value is -3.10. The first kappa shape index (κ1) is 22.7. The Morgan fingerprint density at radius 2 is 1.88 bits per heavy atom. The maximum atomic E-state index is 15.2. The summed E-state index contributed by atoms with van der Waals surface area (Å²) in [5.74, 6) is -0.184. The molecule has 3 aromatic rings. The number of benzene rings is 2. The number of anilines is 1. The summed E-state index contributed by atoms with van der Waals surface area (Å²) in [6.07, 6.45) is 8.54. The number of ether oxygens (including phenoxy) is 1. The Morgan fingerprint density at radius 1 is 1.09 bits per heavy atom. The molecule has 2 aliphatic heterocycles. The number of aromatic nitrogens is 3. The normalized spacial score (nSPS) is 20.8. The first-order chi connectivity index (χ1) is 16.6. The van der Waals surface area contributed by atoms with Gasteiger partial charge in [-0.2, -0.15) is 0 Å². The third-order valence-electron chi connectivity index (χ3n) is 6.50. The van der Waals surface area contributed by atoms with Gasteiger partial charge < -0.3 is 18.5 Å². The molecule has 0 amide bonds. The van der Waals surface area contributed by atoms with E-state index < -0.39 is 0 Å². The minimum atomic E-state index is -0.184. The van der Waals surface area contributed by atoms with Gasteiger partial charge in [-0.05, 0) is 55.1 Å². The quantitative estimate of drug-likeness (QED) is 0.450. The zero-order valence-electron chi connectivity index (χ0n) is 19.3. The highest BCUT2D eigenvalue weighted by molar-refractivity contribution is 8.06. The Bertz CT molecular complexity index is 1180. The molecule has 1 unspecified atom stereocenters. The lowest BCUT2D eigenvalue weighted by Gasteiger charge is -2.39. The van der Waals surface area contributed by atoms with E-state index in [-0.39, 0.29) is 18.0 Å². The Labute approximate surface area is 203 Å². The van der Waals surface area contributed by atoms with Gasteiger partial charge in [0.05, 0.1) is 18.7 Å². The van der Waals surface area contributed by atoms with E-state index in [9.17, 15) is 0 Å². The summed E-state index contributed by atoms with van der Waals surface area (Å²) in [6.45, 7) is 4.06. The molecule has 6 nitrogen and oxygen atoms in total. The zero-order valence-corrected chi connectivity index (χ0v) is 20.2. The summed E-state index contributed by atoms with van der Waals surface area (Å²) in [5, 5.41) is 7.84. The minimum Gasteiger partial charge on any atom is -0.377 e. The molecule has 1 fully saturated rings. The molecule has 2 aromatic carbocycles. The highest BCUT2D eigenvalue weighted by Crippen LogP contribution is 2.38. The lowest BCUT2D eigenvalue weighted by atomic mass is 10.0. The van der Waals surface area contributed by atoms with Crippen molar-refractivity contribution in [2.45, 2.75) is 32.0 Å². The number of allylic oxidation sites excluding steroid dienone is 3. The Balaban J connectivity index is 1.27. The van der Waals surface area contributed by atoms with Crippen molar-refractivity contribution in [1.29, 1.82) is 0 Å². The molecule has 1 saturated heterocycles. The molecule has 176 valence electrons. The second kappa shape index (κ2) is 10.0. The van der Waals surface area contributed by atoms with Gasteiger partial charge in [0.25, 0.3) is 0 Å². The lowest BCUT2D eigenvalue weighted by molar-refractivity contribution is 0.0472. The van der Waals surface area contributed by atoms with Gasteiger partial charge in [0.2, 0.25) is 0 Å². The maximum Gasteiger partial charge on any atom is 0.130 e. The number of rotatable bonds is 6. The van der Waals surface area contributed by atoms with Crippen LogP contribution >= 0.6 is 11.9 Å². The Morgan fingerprint density at radius 3 is 2.62 bits per heavy atom. The molecule has 2 aliphatic rings.